The first kappa shape index (κ1) is 33.3. The Bertz CT molecular complexity index is 2600. The minimum absolute atomic E-state index is 0.338. The van der Waals surface area contributed by atoms with Crippen LogP contribution in [0.4, 0.5) is 17.1 Å². The van der Waals surface area contributed by atoms with Crippen molar-refractivity contribution in [2.24, 2.45) is 0 Å². The van der Waals surface area contributed by atoms with Crippen LogP contribution in [0.25, 0.3) is 33.6 Å². The van der Waals surface area contributed by atoms with E-state index < -0.39 is 5.41 Å². The van der Waals surface area contributed by atoms with Crippen LogP contribution in [-0.2, 0) is 10.8 Å². The van der Waals surface area contributed by atoms with Gasteiger partial charge in [0.05, 0.1) is 33.9 Å². The third kappa shape index (κ3) is 5.05. The Morgan fingerprint density at radius 3 is 1.59 bits per heavy atom. The smallest absolute Gasteiger partial charge is 0.102 e. The molecule has 0 saturated heterocycles. The minimum atomic E-state index is -0.396. The van der Waals surface area contributed by atoms with Gasteiger partial charge >= 0.3 is 0 Å². The van der Waals surface area contributed by atoms with Crippen molar-refractivity contribution < 1.29 is 0 Å². The number of aromatic nitrogens is 3. The summed E-state index contributed by atoms with van der Waals surface area (Å²) in [5.74, 6) is 0. The van der Waals surface area contributed by atoms with Gasteiger partial charge in [-0.05, 0) is 94.5 Å². The second kappa shape index (κ2) is 12.6. The molecule has 1 aliphatic heterocycles. The zero-order chi connectivity index (χ0) is 37.2. The Morgan fingerprint density at radius 1 is 0.556 bits per heavy atom. The van der Waals surface area contributed by atoms with E-state index in [-0.39, 0.29) is 5.41 Å². The first-order chi connectivity index (χ1) is 26.2. The standard InChI is InChI=1S/C47H34N6S/c1-46(2)36-20-18-32(53-39-13-5-7-15-41(39)54-42-16-8-6-14-40(42)53)24-38(36)47(3,4)35-19-17-29(23-37(35)46)43-33(25-48)44(30-11-9-21-50-27-30)52-45(34(43)26-49)31-12-10-22-51-28-31/h5-24,27-28H,1-4H3. The van der Waals surface area contributed by atoms with Crippen molar-refractivity contribution in [3.05, 3.63) is 167 Å². The highest BCUT2D eigenvalue weighted by Gasteiger charge is 2.42. The molecule has 0 N–H and O–H groups in total. The number of nitriles is 2. The Morgan fingerprint density at radius 2 is 1.07 bits per heavy atom. The molecule has 7 aromatic rings. The molecule has 0 fully saturated rings. The maximum absolute atomic E-state index is 10.8. The molecule has 2 aliphatic rings. The maximum Gasteiger partial charge on any atom is 0.102 e. The van der Waals surface area contributed by atoms with E-state index in [4.69, 9.17) is 4.98 Å². The number of rotatable bonds is 4. The molecule has 1 aliphatic carbocycles. The molecule has 9 rings (SSSR count). The van der Waals surface area contributed by atoms with Gasteiger partial charge in [-0.2, -0.15) is 10.5 Å². The molecule has 0 unspecified atom stereocenters. The number of nitrogens with zero attached hydrogens (tertiary/aromatic N) is 6. The topological polar surface area (TPSA) is 89.5 Å². The van der Waals surface area contributed by atoms with Crippen LogP contribution in [0.15, 0.2) is 144 Å². The van der Waals surface area contributed by atoms with Crippen LogP contribution in [0.3, 0.4) is 0 Å². The molecule has 0 amide bonds. The molecule has 6 nitrogen and oxygen atoms in total. The van der Waals surface area contributed by atoms with Gasteiger partial charge in [0.1, 0.15) is 12.1 Å². The molecular weight excluding hydrogens is 681 g/mol. The molecule has 7 heteroatoms. The van der Waals surface area contributed by atoms with E-state index in [1.807, 2.05) is 36.0 Å². The fourth-order valence-corrected chi connectivity index (χ4v) is 9.34. The van der Waals surface area contributed by atoms with Crippen molar-refractivity contribution >= 4 is 28.8 Å². The highest BCUT2D eigenvalue weighted by Crippen LogP contribution is 2.55. The van der Waals surface area contributed by atoms with Gasteiger partial charge in [-0.15, -0.1) is 0 Å². The van der Waals surface area contributed by atoms with Gasteiger partial charge in [-0.3, -0.25) is 9.97 Å². The monoisotopic (exact) mass is 714 g/mol. The number of para-hydroxylation sites is 2. The summed E-state index contributed by atoms with van der Waals surface area (Å²) in [6, 6.07) is 42.9. The first-order valence-corrected chi connectivity index (χ1v) is 18.7. The van der Waals surface area contributed by atoms with Gasteiger partial charge in [-0.25, -0.2) is 4.98 Å². The summed E-state index contributed by atoms with van der Waals surface area (Å²) in [6.07, 6.45) is 6.80. The molecule has 0 radical (unpaired) electrons. The molecular formula is C47H34N6S. The summed E-state index contributed by atoms with van der Waals surface area (Å²) >= 11 is 1.81. The SMILES string of the molecule is CC1(C)c2ccc(N3c4ccccc4Sc4ccccc43)cc2C(C)(C)c2ccc(-c3c(C#N)c(-c4cccnc4)nc(-c4cccnc4)c3C#N)cc21. The van der Waals surface area contributed by atoms with Crippen molar-refractivity contribution in [1.29, 1.82) is 10.5 Å². The molecule has 0 saturated carbocycles. The highest BCUT2D eigenvalue weighted by atomic mass is 32.2. The first-order valence-electron chi connectivity index (χ1n) is 17.9. The molecule has 258 valence electrons. The Hall–Kier alpha value is -6.54. The van der Waals surface area contributed by atoms with E-state index in [1.165, 1.54) is 37.9 Å². The van der Waals surface area contributed by atoms with E-state index in [9.17, 15) is 10.5 Å². The highest BCUT2D eigenvalue weighted by molar-refractivity contribution is 7.99. The fraction of sp³-hybridized carbons (Fsp3) is 0.128. The largest absolute Gasteiger partial charge is 0.308 e. The van der Waals surface area contributed by atoms with Crippen molar-refractivity contribution in [2.75, 3.05) is 4.90 Å². The summed E-state index contributed by atoms with van der Waals surface area (Å²) in [6.45, 7) is 9.14. The minimum Gasteiger partial charge on any atom is -0.308 e. The molecule has 0 spiro atoms. The summed E-state index contributed by atoms with van der Waals surface area (Å²) in [5, 5.41) is 21.6. The van der Waals surface area contributed by atoms with E-state index in [0.717, 1.165) is 16.8 Å². The summed E-state index contributed by atoms with van der Waals surface area (Å²) < 4.78 is 0. The molecule has 4 aromatic carbocycles. The number of pyridine rings is 3. The lowest BCUT2D eigenvalue weighted by Crippen LogP contribution is -2.36. The summed E-state index contributed by atoms with van der Waals surface area (Å²) in [4.78, 5) is 18.5. The number of hydrogen-bond acceptors (Lipinski definition) is 7. The van der Waals surface area contributed by atoms with Crippen molar-refractivity contribution in [2.45, 2.75) is 48.3 Å². The van der Waals surface area contributed by atoms with E-state index in [1.54, 1.807) is 24.8 Å². The van der Waals surface area contributed by atoms with E-state index in [0.29, 0.717) is 39.2 Å². The van der Waals surface area contributed by atoms with Gasteiger partial charge in [0, 0.05) is 67.8 Å². The van der Waals surface area contributed by atoms with Crippen molar-refractivity contribution in [1.82, 2.24) is 15.0 Å². The van der Waals surface area contributed by atoms with Crippen molar-refractivity contribution in [3.63, 3.8) is 0 Å². The predicted molar refractivity (Wildman–Crippen MR) is 215 cm³/mol. The van der Waals surface area contributed by atoms with Crippen LogP contribution in [0.2, 0.25) is 0 Å². The predicted octanol–water partition coefficient (Wildman–Crippen LogP) is 11.5. The van der Waals surface area contributed by atoms with Crippen LogP contribution in [0.5, 0.6) is 0 Å². The average Bonchev–Trinajstić information content (AvgIpc) is 3.21. The zero-order valence-corrected chi connectivity index (χ0v) is 31.1. The maximum atomic E-state index is 10.8. The number of fused-ring (bicyclic) bond motifs is 4. The number of anilines is 3. The third-order valence-electron chi connectivity index (χ3n) is 11.0. The zero-order valence-electron chi connectivity index (χ0n) is 30.3. The Balaban J connectivity index is 1.23. The number of benzene rings is 4. The van der Waals surface area contributed by atoms with Crippen LogP contribution < -0.4 is 4.90 Å². The van der Waals surface area contributed by atoms with E-state index in [2.05, 4.69) is 140 Å². The van der Waals surface area contributed by atoms with Gasteiger partial charge < -0.3 is 4.90 Å². The average molecular weight is 715 g/mol. The van der Waals surface area contributed by atoms with Crippen LogP contribution in [0.1, 0.15) is 61.1 Å². The molecule has 0 atom stereocenters. The van der Waals surface area contributed by atoms with Gasteiger partial charge in [-0.1, -0.05) is 81.9 Å². The Kier molecular flexibility index (Phi) is 7.74. The van der Waals surface area contributed by atoms with Gasteiger partial charge in [0.2, 0.25) is 0 Å². The van der Waals surface area contributed by atoms with Gasteiger partial charge in [0.25, 0.3) is 0 Å². The normalized spacial score (nSPS) is 14.4. The van der Waals surface area contributed by atoms with Crippen LogP contribution >= 0.6 is 11.8 Å². The lowest BCUT2D eigenvalue weighted by atomic mass is 9.59. The lowest BCUT2D eigenvalue weighted by molar-refractivity contribution is 0.521. The second-order valence-electron chi connectivity index (χ2n) is 14.8. The van der Waals surface area contributed by atoms with Gasteiger partial charge in [0.15, 0.2) is 0 Å². The second-order valence-corrected chi connectivity index (χ2v) is 15.8. The quantitative estimate of drug-likeness (QED) is 0.179. The number of hydrogen-bond donors (Lipinski definition) is 0. The molecule has 4 heterocycles. The molecule has 3 aromatic heterocycles. The van der Waals surface area contributed by atoms with E-state index >= 15 is 0 Å². The fourth-order valence-electron chi connectivity index (χ4n) is 8.28. The van der Waals surface area contributed by atoms with Crippen molar-refractivity contribution in [3.8, 4) is 45.8 Å². The third-order valence-corrected chi connectivity index (χ3v) is 12.1. The summed E-state index contributed by atoms with van der Waals surface area (Å²) in [7, 11) is 0. The van der Waals surface area contributed by atoms with Crippen LogP contribution in [0, 0.1) is 22.7 Å². The molecule has 0 bridgehead atoms. The Labute approximate surface area is 319 Å². The lowest BCUT2D eigenvalue weighted by Gasteiger charge is -2.45. The molecule has 54 heavy (non-hydrogen) atoms. The summed E-state index contributed by atoms with van der Waals surface area (Å²) in [5.41, 5.74) is 12.0. The van der Waals surface area contributed by atoms with Crippen LogP contribution in [-0.4, -0.2) is 15.0 Å².